The maximum absolute atomic E-state index is 12.7. The van der Waals surface area contributed by atoms with Crippen LogP contribution in [-0.4, -0.2) is 61.6 Å². The van der Waals surface area contributed by atoms with E-state index < -0.39 is 0 Å². The van der Waals surface area contributed by atoms with E-state index in [4.69, 9.17) is 4.74 Å². The van der Waals surface area contributed by atoms with Crippen molar-refractivity contribution in [2.45, 2.75) is 39.7 Å². The van der Waals surface area contributed by atoms with Crippen LogP contribution in [0.3, 0.4) is 0 Å². The van der Waals surface area contributed by atoms with Gasteiger partial charge in [0.05, 0.1) is 6.61 Å². The van der Waals surface area contributed by atoms with Crippen LogP contribution in [0.4, 0.5) is 0 Å². The van der Waals surface area contributed by atoms with Crippen molar-refractivity contribution in [2.24, 2.45) is 11.8 Å². The first-order valence-corrected chi connectivity index (χ1v) is 10.6. The van der Waals surface area contributed by atoms with Crippen LogP contribution >= 0.6 is 24.8 Å². The van der Waals surface area contributed by atoms with Gasteiger partial charge in [-0.25, -0.2) is 0 Å². The molecule has 2 aliphatic rings. The predicted molar refractivity (Wildman–Crippen MR) is 123 cm³/mol. The number of nitrogens with zero attached hydrogens (tertiary/aromatic N) is 2. The first kappa shape index (κ1) is 26.0. The molecule has 0 bridgehead atoms. The van der Waals surface area contributed by atoms with Gasteiger partial charge in [0.25, 0.3) is 0 Å². The number of rotatable bonds is 7. The average molecular weight is 446 g/mol. The van der Waals surface area contributed by atoms with Gasteiger partial charge < -0.3 is 15.0 Å². The summed E-state index contributed by atoms with van der Waals surface area (Å²) < 4.78 is 5.50. The molecular weight excluding hydrogens is 409 g/mol. The van der Waals surface area contributed by atoms with Gasteiger partial charge in [0.1, 0.15) is 5.75 Å². The number of carbonyl (C=O) groups excluding carboxylic acids is 1. The summed E-state index contributed by atoms with van der Waals surface area (Å²) in [6.45, 7) is 11.7. The van der Waals surface area contributed by atoms with Crippen LogP contribution in [-0.2, 0) is 11.3 Å². The summed E-state index contributed by atoms with van der Waals surface area (Å²) in [5, 5.41) is 3.47. The topological polar surface area (TPSA) is 44.8 Å². The zero-order valence-corrected chi connectivity index (χ0v) is 19.4. The molecule has 2 fully saturated rings. The summed E-state index contributed by atoms with van der Waals surface area (Å²) in [5.41, 5.74) is 1.30. The van der Waals surface area contributed by atoms with Crippen molar-refractivity contribution < 1.29 is 9.53 Å². The summed E-state index contributed by atoms with van der Waals surface area (Å²) in [6, 6.07) is 8.37. The summed E-state index contributed by atoms with van der Waals surface area (Å²) in [6.07, 6.45) is 3.20. The highest BCUT2D eigenvalue weighted by Crippen LogP contribution is 2.23. The molecule has 0 radical (unpaired) electrons. The van der Waals surface area contributed by atoms with E-state index in [1.165, 1.54) is 18.4 Å². The highest BCUT2D eigenvalue weighted by Gasteiger charge is 2.26. The maximum Gasteiger partial charge on any atom is 0.222 e. The Bertz CT molecular complexity index is 586. The molecule has 5 nitrogen and oxygen atoms in total. The molecule has 0 aromatic heterocycles. The normalized spacial score (nSPS) is 20.9. The molecule has 2 saturated heterocycles. The molecule has 3 rings (SSSR count). The number of piperazine rings is 1. The minimum atomic E-state index is 0. The number of amides is 1. The third kappa shape index (κ3) is 7.97. The first-order valence-electron chi connectivity index (χ1n) is 10.6. The monoisotopic (exact) mass is 445 g/mol. The lowest BCUT2D eigenvalue weighted by molar-refractivity contribution is -0.134. The number of halogens is 2. The van der Waals surface area contributed by atoms with Gasteiger partial charge in [-0.15, -0.1) is 24.8 Å². The SMILES string of the molecule is CCOc1ccc(CN2CCN(C(=O)CC(C)C3CCCNC3)CC2)cc1.Cl.Cl. The fraction of sp³-hybridized carbons (Fsp3) is 0.682. The molecule has 2 aliphatic heterocycles. The summed E-state index contributed by atoms with van der Waals surface area (Å²) in [5.74, 6) is 2.41. The van der Waals surface area contributed by atoms with Crippen molar-refractivity contribution in [3.8, 4) is 5.75 Å². The molecule has 1 amide bonds. The third-order valence-corrected chi connectivity index (χ3v) is 6.00. The van der Waals surface area contributed by atoms with Crippen LogP contribution in [0.2, 0.25) is 0 Å². The van der Waals surface area contributed by atoms with Gasteiger partial charge in [0.15, 0.2) is 0 Å². The lowest BCUT2D eigenvalue weighted by Gasteiger charge is -2.36. The Morgan fingerprint density at radius 1 is 1.17 bits per heavy atom. The number of nitrogens with one attached hydrogen (secondary N) is 1. The van der Waals surface area contributed by atoms with Crippen LogP contribution in [0.15, 0.2) is 24.3 Å². The van der Waals surface area contributed by atoms with E-state index in [1.807, 2.05) is 19.1 Å². The second kappa shape index (κ2) is 13.3. The molecule has 1 N–H and O–H groups in total. The number of carbonyl (C=O) groups is 1. The van der Waals surface area contributed by atoms with Crippen LogP contribution in [0.25, 0.3) is 0 Å². The Labute approximate surface area is 188 Å². The van der Waals surface area contributed by atoms with Crippen molar-refractivity contribution in [3.63, 3.8) is 0 Å². The Morgan fingerprint density at radius 2 is 1.86 bits per heavy atom. The zero-order chi connectivity index (χ0) is 19.1. The fourth-order valence-corrected chi connectivity index (χ4v) is 4.21. The fourth-order valence-electron chi connectivity index (χ4n) is 4.21. The molecule has 29 heavy (non-hydrogen) atoms. The predicted octanol–water partition coefficient (Wildman–Crippen LogP) is 3.60. The smallest absolute Gasteiger partial charge is 0.222 e. The molecule has 2 unspecified atom stereocenters. The van der Waals surface area contributed by atoms with Crippen molar-refractivity contribution in [1.82, 2.24) is 15.1 Å². The van der Waals surface area contributed by atoms with Gasteiger partial charge in [0, 0.05) is 39.1 Å². The Kier molecular flexibility index (Phi) is 12.0. The minimum absolute atomic E-state index is 0. The highest BCUT2D eigenvalue weighted by atomic mass is 35.5. The van der Waals surface area contributed by atoms with Gasteiger partial charge in [-0.05, 0) is 62.4 Å². The summed E-state index contributed by atoms with van der Waals surface area (Å²) in [7, 11) is 0. The molecule has 7 heteroatoms. The summed E-state index contributed by atoms with van der Waals surface area (Å²) >= 11 is 0. The van der Waals surface area contributed by atoms with E-state index >= 15 is 0 Å². The van der Waals surface area contributed by atoms with E-state index in [0.29, 0.717) is 30.8 Å². The molecular formula is C22H37Cl2N3O2. The van der Waals surface area contributed by atoms with Gasteiger partial charge in [0.2, 0.25) is 5.91 Å². The Morgan fingerprint density at radius 3 is 2.45 bits per heavy atom. The number of hydrogen-bond donors (Lipinski definition) is 1. The minimum Gasteiger partial charge on any atom is -0.494 e. The van der Waals surface area contributed by atoms with Crippen LogP contribution < -0.4 is 10.1 Å². The van der Waals surface area contributed by atoms with Crippen LogP contribution in [0, 0.1) is 11.8 Å². The molecule has 0 saturated carbocycles. The molecule has 0 aliphatic carbocycles. The van der Waals surface area contributed by atoms with Crippen molar-refractivity contribution in [3.05, 3.63) is 29.8 Å². The van der Waals surface area contributed by atoms with Gasteiger partial charge in [-0.2, -0.15) is 0 Å². The largest absolute Gasteiger partial charge is 0.494 e. The lowest BCUT2D eigenvalue weighted by atomic mass is 9.85. The van der Waals surface area contributed by atoms with Crippen LogP contribution in [0.1, 0.15) is 38.7 Å². The third-order valence-electron chi connectivity index (χ3n) is 6.00. The maximum atomic E-state index is 12.7. The molecule has 1 aromatic carbocycles. The lowest BCUT2D eigenvalue weighted by Crippen LogP contribution is -2.48. The van der Waals surface area contributed by atoms with E-state index in [9.17, 15) is 4.79 Å². The van der Waals surface area contributed by atoms with E-state index in [0.717, 1.165) is 51.6 Å². The molecule has 2 heterocycles. The Balaban J connectivity index is 0.00000210. The molecule has 166 valence electrons. The van der Waals surface area contributed by atoms with Gasteiger partial charge in [-0.1, -0.05) is 19.1 Å². The quantitative estimate of drug-likeness (QED) is 0.695. The second-order valence-electron chi connectivity index (χ2n) is 8.02. The summed E-state index contributed by atoms with van der Waals surface area (Å²) in [4.78, 5) is 17.2. The van der Waals surface area contributed by atoms with E-state index in [2.05, 4.69) is 34.2 Å². The molecule has 1 aromatic rings. The van der Waals surface area contributed by atoms with Crippen molar-refractivity contribution >= 4 is 30.7 Å². The average Bonchev–Trinajstić information content (AvgIpc) is 2.71. The highest BCUT2D eigenvalue weighted by molar-refractivity contribution is 5.85. The van der Waals surface area contributed by atoms with Gasteiger partial charge >= 0.3 is 0 Å². The van der Waals surface area contributed by atoms with Crippen LogP contribution in [0.5, 0.6) is 5.75 Å². The standard InChI is InChI=1S/C22H35N3O2.2ClH/c1-3-27-21-8-6-19(7-9-21)17-24-11-13-25(14-12-24)22(26)15-18(2)20-5-4-10-23-16-20;;/h6-9,18,20,23H,3-5,10-17H2,1-2H3;2*1H. The van der Waals surface area contributed by atoms with Crippen molar-refractivity contribution in [2.75, 3.05) is 45.9 Å². The first-order chi connectivity index (χ1) is 13.2. The molecule has 0 spiro atoms. The number of ether oxygens (including phenoxy) is 1. The van der Waals surface area contributed by atoms with Gasteiger partial charge in [-0.3, -0.25) is 9.69 Å². The second-order valence-corrected chi connectivity index (χ2v) is 8.02. The molecule has 2 atom stereocenters. The Hall–Kier alpha value is -1.01. The number of piperidine rings is 1. The van der Waals surface area contributed by atoms with E-state index in [-0.39, 0.29) is 24.8 Å². The number of hydrogen-bond acceptors (Lipinski definition) is 4. The van der Waals surface area contributed by atoms with E-state index in [1.54, 1.807) is 0 Å². The number of benzene rings is 1. The zero-order valence-electron chi connectivity index (χ0n) is 17.8. The van der Waals surface area contributed by atoms with Crippen molar-refractivity contribution in [1.29, 1.82) is 0 Å².